The fourth-order valence-electron chi connectivity index (χ4n) is 3.21. The molecule has 0 spiro atoms. The molecule has 0 saturated carbocycles. The van der Waals surface area contributed by atoms with Crippen LogP contribution in [0.1, 0.15) is 23.7 Å². The Bertz CT molecular complexity index is 1180. The lowest BCUT2D eigenvalue weighted by Crippen LogP contribution is -2.20. The topological polar surface area (TPSA) is 90.1 Å². The lowest BCUT2D eigenvalue weighted by molar-refractivity contribution is 0.0987. The van der Waals surface area contributed by atoms with E-state index in [1.54, 1.807) is 36.7 Å². The molecule has 8 heteroatoms. The van der Waals surface area contributed by atoms with Gasteiger partial charge in [-0.25, -0.2) is 0 Å². The Kier molecular flexibility index (Phi) is 7.49. The third-order valence-corrected chi connectivity index (χ3v) is 6.00. The van der Waals surface area contributed by atoms with Gasteiger partial charge >= 0.3 is 0 Å². The number of ketones is 1. The third kappa shape index (κ3) is 5.66. The van der Waals surface area contributed by atoms with Gasteiger partial charge in [-0.2, -0.15) is 0 Å². The van der Waals surface area contributed by atoms with E-state index in [1.165, 1.54) is 11.8 Å². The molecule has 33 heavy (non-hydrogen) atoms. The van der Waals surface area contributed by atoms with Crippen molar-refractivity contribution >= 4 is 17.5 Å². The van der Waals surface area contributed by atoms with E-state index in [9.17, 15) is 9.90 Å². The number of para-hydroxylation sites is 1. The van der Waals surface area contributed by atoms with E-state index in [2.05, 4.69) is 15.2 Å². The highest BCUT2D eigenvalue weighted by Gasteiger charge is 2.17. The van der Waals surface area contributed by atoms with E-state index in [0.717, 1.165) is 11.3 Å². The van der Waals surface area contributed by atoms with Crippen molar-refractivity contribution < 1.29 is 14.6 Å². The summed E-state index contributed by atoms with van der Waals surface area (Å²) < 4.78 is 7.66. The van der Waals surface area contributed by atoms with E-state index in [-0.39, 0.29) is 12.4 Å². The fourth-order valence-corrected chi connectivity index (χ4v) is 4.07. The second-order valence-corrected chi connectivity index (χ2v) is 8.28. The molecule has 0 aliphatic rings. The monoisotopic (exact) mass is 460 g/mol. The van der Waals surface area contributed by atoms with Gasteiger partial charge in [-0.1, -0.05) is 36.9 Å². The van der Waals surface area contributed by atoms with Crippen LogP contribution in [0.2, 0.25) is 0 Å². The van der Waals surface area contributed by atoms with Crippen molar-refractivity contribution in [3.63, 3.8) is 0 Å². The van der Waals surface area contributed by atoms with Gasteiger partial charge in [-0.05, 0) is 48.5 Å². The first kappa shape index (κ1) is 22.7. The molecular weight excluding hydrogens is 436 g/mol. The normalized spacial score (nSPS) is 11.8. The maximum atomic E-state index is 11.7. The van der Waals surface area contributed by atoms with E-state index in [0.29, 0.717) is 34.5 Å². The summed E-state index contributed by atoms with van der Waals surface area (Å²) in [5.41, 5.74) is 2.50. The summed E-state index contributed by atoms with van der Waals surface area (Å²) in [6.45, 7) is 1.96. The molecule has 0 radical (unpaired) electrons. The molecule has 2 aromatic heterocycles. The van der Waals surface area contributed by atoms with Crippen LogP contribution in [0.15, 0.2) is 84.3 Å². The van der Waals surface area contributed by atoms with Crippen LogP contribution in [-0.2, 0) is 0 Å². The molecule has 2 heterocycles. The van der Waals surface area contributed by atoms with Crippen molar-refractivity contribution in [3.05, 3.63) is 84.7 Å². The molecule has 0 aliphatic heterocycles. The zero-order valence-electron chi connectivity index (χ0n) is 18.2. The number of Topliss-reactive ketones (excluding diaryl/α,β-unsaturated/α-hetero) is 1. The summed E-state index contributed by atoms with van der Waals surface area (Å²) in [7, 11) is 0. The number of pyridine rings is 1. The summed E-state index contributed by atoms with van der Waals surface area (Å²) in [4.78, 5) is 15.8. The van der Waals surface area contributed by atoms with Crippen LogP contribution in [0.25, 0.3) is 17.1 Å². The molecule has 0 fully saturated rings. The largest absolute Gasteiger partial charge is 0.491 e. The standard InChI is InChI=1S/C25H24N4O3S/c1-2-23(31)18-8-10-22(11-9-18)32-16-21(30)17-33-25-28-27-24(19-12-14-26-15-13-19)29(25)20-6-4-3-5-7-20/h3-15,21,30H,2,16-17H2,1H3. The SMILES string of the molecule is CCC(=O)c1ccc(OCC(O)CSc2nnc(-c3ccncc3)n2-c2ccccc2)cc1. The first-order chi connectivity index (χ1) is 16.2. The molecule has 4 aromatic rings. The molecule has 1 atom stereocenters. The van der Waals surface area contributed by atoms with E-state index >= 15 is 0 Å². The number of hydrogen-bond donors (Lipinski definition) is 1. The van der Waals surface area contributed by atoms with Crippen LogP contribution < -0.4 is 4.74 Å². The lowest BCUT2D eigenvalue weighted by Gasteiger charge is -2.13. The minimum atomic E-state index is -0.711. The summed E-state index contributed by atoms with van der Waals surface area (Å²) in [5.74, 6) is 1.79. The number of thioether (sulfide) groups is 1. The van der Waals surface area contributed by atoms with Gasteiger partial charge in [0.05, 0.1) is 6.10 Å². The minimum absolute atomic E-state index is 0.0895. The van der Waals surface area contributed by atoms with Crippen LogP contribution >= 0.6 is 11.8 Å². The van der Waals surface area contributed by atoms with Gasteiger partial charge in [-0.3, -0.25) is 14.3 Å². The fraction of sp³-hybridized carbons (Fsp3) is 0.200. The van der Waals surface area contributed by atoms with Gasteiger partial charge in [0.25, 0.3) is 0 Å². The summed E-state index contributed by atoms with van der Waals surface area (Å²) in [5, 5.41) is 19.9. The Labute approximate surface area is 196 Å². The number of nitrogens with zero attached hydrogens (tertiary/aromatic N) is 4. The molecule has 0 saturated heterocycles. The number of carbonyl (C=O) groups is 1. The predicted octanol–water partition coefficient (Wildman–Crippen LogP) is 4.45. The molecule has 4 rings (SSSR count). The van der Waals surface area contributed by atoms with E-state index < -0.39 is 6.10 Å². The first-order valence-electron chi connectivity index (χ1n) is 10.6. The number of hydrogen-bond acceptors (Lipinski definition) is 7. The minimum Gasteiger partial charge on any atom is -0.491 e. The summed E-state index contributed by atoms with van der Waals surface area (Å²) >= 11 is 1.41. The Balaban J connectivity index is 1.43. The highest BCUT2D eigenvalue weighted by molar-refractivity contribution is 7.99. The molecular formula is C25H24N4O3S. The number of carbonyl (C=O) groups excluding carboxylic acids is 1. The van der Waals surface area contributed by atoms with Crippen molar-refractivity contribution in [1.29, 1.82) is 0 Å². The van der Waals surface area contributed by atoms with E-state index in [4.69, 9.17) is 4.74 Å². The average Bonchev–Trinajstić information content (AvgIpc) is 3.31. The second-order valence-electron chi connectivity index (χ2n) is 7.29. The van der Waals surface area contributed by atoms with Crippen LogP contribution in [0.5, 0.6) is 5.75 Å². The Morgan fingerprint density at radius 1 is 1.03 bits per heavy atom. The van der Waals surface area contributed by atoms with Crippen LogP contribution in [-0.4, -0.2) is 49.1 Å². The number of aliphatic hydroxyl groups excluding tert-OH is 1. The molecule has 168 valence electrons. The van der Waals surface area contributed by atoms with Crippen molar-refractivity contribution in [2.45, 2.75) is 24.6 Å². The second kappa shape index (κ2) is 10.9. The quantitative estimate of drug-likeness (QED) is 0.276. The third-order valence-electron chi connectivity index (χ3n) is 4.93. The molecule has 0 aliphatic carbocycles. The maximum absolute atomic E-state index is 11.7. The Morgan fingerprint density at radius 3 is 2.45 bits per heavy atom. The van der Waals surface area contributed by atoms with Crippen LogP contribution in [0.4, 0.5) is 0 Å². The average molecular weight is 461 g/mol. The van der Waals surface area contributed by atoms with Gasteiger partial charge < -0.3 is 9.84 Å². The number of ether oxygens (including phenoxy) is 1. The number of aliphatic hydroxyl groups is 1. The first-order valence-corrected chi connectivity index (χ1v) is 11.6. The highest BCUT2D eigenvalue weighted by Crippen LogP contribution is 2.28. The zero-order valence-corrected chi connectivity index (χ0v) is 19.0. The van der Waals surface area contributed by atoms with Crippen molar-refractivity contribution in [2.24, 2.45) is 0 Å². The summed E-state index contributed by atoms with van der Waals surface area (Å²) in [6, 6.07) is 20.6. The van der Waals surface area contributed by atoms with Crippen molar-refractivity contribution in [1.82, 2.24) is 19.7 Å². The molecule has 2 aromatic carbocycles. The molecule has 1 unspecified atom stereocenters. The highest BCUT2D eigenvalue weighted by atomic mass is 32.2. The molecule has 7 nitrogen and oxygen atoms in total. The van der Waals surface area contributed by atoms with Crippen LogP contribution in [0.3, 0.4) is 0 Å². The molecule has 0 bridgehead atoms. The number of aromatic nitrogens is 4. The van der Waals surface area contributed by atoms with Gasteiger partial charge in [0.2, 0.25) is 0 Å². The van der Waals surface area contributed by atoms with Gasteiger partial charge in [-0.15, -0.1) is 10.2 Å². The van der Waals surface area contributed by atoms with Gasteiger partial charge in [0.15, 0.2) is 16.8 Å². The predicted molar refractivity (Wildman–Crippen MR) is 128 cm³/mol. The number of rotatable bonds is 10. The van der Waals surface area contributed by atoms with Crippen LogP contribution in [0, 0.1) is 0 Å². The van der Waals surface area contributed by atoms with Gasteiger partial charge in [0, 0.05) is 41.4 Å². The Hall–Kier alpha value is -3.49. The number of benzene rings is 2. The van der Waals surface area contributed by atoms with E-state index in [1.807, 2.05) is 54.0 Å². The smallest absolute Gasteiger partial charge is 0.196 e. The van der Waals surface area contributed by atoms with Gasteiger partial charge in [0.1, 0.15) is 12.4 Å². The zero-order chi connectivity index (χ0) is 23.0. The van der Waals surface area contributed by atoms with Crippen molar-refractivity contribution in [3.8, 4) is 22.8 Å². The molecule has 0 amide bonds. The Morgan fingerprint density at radius 2 is 1.76 bits per heavy atom. The maximum Gasteiger partial charge on any atom is 0.196 e. The summed E-state index contributed by atoms with van der Waals surface area (Å²) in [6.07, 6.45) is 3.19. The lowest BCUT2D eigenvalue weighted by atomic mass is 10.1. The van der Waals surface area contributed by atoms with Crippen molar-refractivity contribution in [2.75, 3.05) is 12.4 Å². The molecule has 1 N–H and O–H groups in total.